The average Bonchev–Trinajstić information content (AvgIpc) is 1.85. The average molecular weight is 177 g/mol. The fourth-order valence-electron chi connectivity index (χ4n) is 0.826. The van der Waals surface area contributed by atoms with Crippen LogP contribution in [0.2, 0.25) is 0 Å². The molecule has 0 unspecified atom stereocenters. The number of nitrogens with zero attached hydrogens (tertiary/aromatic N) is 1. The van der Waals surface area contributed by atoms with Gasteiger partial charge in [0.05, 0.1) is 6.07 Å². The molecule has 0 radical (unpaired) electrons. The molecule has 0 spiro atoms. The van der Waals surface area contributed by atoms with Gasteiger partial charge in [-0.2, -0.15) is 9.15 Å². The lowest BCUT2D eigenvalue weighted by Gasteiger charge is -2.18. The van der Waals surface area contributed by atoms with Crippen LogP contribution in [0.4, 0.5) is 3.89 Å². The molecule has 3 heteroatoms. The van der Waals surface area contributed by atoms with Crippen LogP contribution >= 0.6 is 10.4 Å². The Morgan fingerprint density at radius 1 is 1.27 bits per heavy atom. The number of unbranched alkanes of at least 4 members (excludes halogenated alkanes) is 3. The van der Waals surface area contributed by atoms with Crippen molar-refractivity contribution in [1.82, 2.24) is 0 Å². The van der Waals surface area contributed by atoms with Crippen molar-refractivity contribution >= 4 is 10.4 Å². The van der Waals surface area contributed by atoms with E-state index < -0.39 is 10.4 Å². The smallest absolute Gasteiger partial charge is 0.0621 e. The van der Waals surface area contributed by atoms with Crippen molar-refractivity contribution in [1.29, 1.82) is 5.26 Å². The first-order valence-corrected chi connectivity index (χ1v) is 6.36. The minimum absolute atomic E-state index is 0.613. The Morgan fingerprint density at radius 2 is 1.91 bits per heavy atom. The Morgan fingerprint density at radius 3 is 2.36 bits per heavy atom. The normalized spacial score (nSPS) is 12.5. The van der Waals surface area contributed by atoms with E-state index in [1.165, 1.54) is 0 Å². The second-order valence-corrected chi connectivity index (χ2v) is 6.29. The first kappa shape index (κ1) is 10.8. The van der Waals surface area contributed by atoms with Gasteiger partial charge in [-0.1, -0.05) is 16.8 Å². The Balaban J connectivity index is 3.10. The third-order valence-corrected chi connectivity index (χ3v) is 2.68. The fourth-order valence-corrected chi connectivity index (χ4v) is 1.72. The Labute approximate surface area is 70.2 Å². The molecule has 0 aliphatic heterocycles. The van der Waals surface area contributed by atoms with Crippen LogP contribution in [0, 0.1) is 11.3 Å². The predicted molar refractivity (Wildman–Crippen MR) is 49.5 cm³/mol. The molecule has 66 valence electrons. The summed E-state index contributed by atoms with van der Waals surface area (Å²) in [6.45, 7) is 0. The SMILES string of the molecule is CS(C)(F)CCCCCC#N. The summed E-state index contributed by atoms with van der Waals surface area (Å²) in [5.74, 6) is 0.693. The van der Waals surface area contributed by atoms with Gasteiger partial charge in [0.25, 0.3) is 0 Å². The first-order chi connectivity index (χ1) is 5.06. The van der Waals surface area contributed by atoms with Crippen molar-refractivity contribution in [2.75, 3.05) is 18.3 Å². The molecular weight excluding hydrogens is 161 g/mol. The van der Waals surface area contributed by atoms with Gasteiger partial charge in [0.2, 0.25) is 0 Å². The maximum absolute atomic E-state index is 12.9. The van der Waals surface area contributed by atoms with Crippen molar-refractivity contribution < 1.29 is 3.89 Å². The molecule has 0 aromatic heterocycles. The van der Waals surface area contributed by atoms with Gasteiger partial charge in [0.15, 0.2) is 0 Å². The van der Waals surface area contributed by atoms with E-state index in [2.05, 4.69) is 6.07 Å². The first-order valence-electron chi connectivity index (χ1n) is 3.84. The van der Waals surface area contributed by atoms with E-state index in [0.717, 1.165) is 19.3 Å². The summed E-state index contributed by atoms with van der Waals surface area (Å²) in [6, 6.07) is 2.08. The van der Waals surface area contributed by atoms with Crippen molar-refractivity contribution in [2.24, 2.45) is 0 Å². The summed E-state index contributed by atoms with van der Waals surface area (Å²) in [5.41, 5.74) is 0. The standard InChI is InChI=1S/C8H16FNS/c1-11(2,9)8-6-4-3-5-7-10/h3-6,8H2,1-2H3. The van der Waals surface area contributed by atoms with Crippen molar-refractivity contribution in [3.05, 3.63) is 0 Å². The molecule has 0 aromatic rings. The van der Waals surface area contributed by atoms with Crippen LogP contribution in [0.1, 0.15) is 25.7 Å². The zero-order valence-corrected chi connectivity index (χ0v) is 8.09. The highest BCUT2D eigenvalue weighted by Crippen LogP contribution is 2.41. The van der Waals surface area contributed by atoms with Gasteiger partial charge in [-0.25, -0.2) is 0 Å². The van der Waals surface area contributed by atoms with Gasteiger partial charge in [-0.3, -0.25) is 0 Å². The van der Waals surface area contributed by atoms with E-state index in [1.54, 1.807) is 12.5 Å². The topological polar surface area (TPSA) is 23.8 Å². The lowest BCUT2D eigenvalue weighted by atomic mass is 10.2. The lowest BCUT2D eigenvalue weighted by molar-refractivity contribution is 0.730. The van der Waals surface area contributed by atoms with Crippen molar-refractivity contribution in [2.45, 2.75) is 25.7 Å². The molecule has 0 atom stereocenters. The van der Waals surface area contributed by atoms with Crippen LogP contribution in [0.15, 0.2) is 0 Å². The molecular formula is C8H16FNS. The van der Waals surface area contributed by atoms with Gasteiger partial charge in [-0.15, -0.1) is 0 Å². The summed E-state index contributed by atoms with van der Waals surface area (Å²) < 4.78 is 12.9. The molecule has 0 amide bonds. The Hall–Kier alpha value is -0.230. The van der Waals surface area contributed by atoms with Crippen molar-refractivity contribution in [3.8, 4) is 6.07 Å². The van der Waals surface area contributed by atoms with Crippen LogP contribution in [-0.2, 0) is 0 Å². The van der Waals surface area contributed by atoms with E-state index in [1.807, 2.05) is 0 Å². The molecule has 0 N–H and O–H groups in total. The van der Waals surface area contributed by atoms with Gasteiger partial charge in [0, 0.05) is 12.2 Å². The highest BCUT2D eigenvalue weighted by atomic mass is 32.3. The minimum atomic E-state index is -1.79. The molecule has 0 bridgehead atoms. The summed E-state index contributed by atoms with van der Waals surface area (Å²) in [5, 5.41) is 8.21. The molecule has 0 aromatic carbocycles. The molecule has 0 fully saturated rings. The van der Waals surface area contributed by atoms with Crippen LogP contribution in [0.3, 0.4) is 0 Å². The fraction of sp³-hybridized carbons (Fsp3) is 0.875. The summed E-state index contributed by atoms with van der Waals surface area (Å²) in [7, 11) is -1.79. The van der Waals surface area contributed by atoms with E-state index >= 15 is 0 Å². The zero-order chi connectivity index (χ0) is 8.74. The Bertz CT molecular complexity index is 134. The number of hydrogen-bond acceptors (Lipinski definition) is 1. The molecule has 0 rings (SSSR count). The van der Waals surface area contributed by atoms with Crippen molar-refractivity contribution in [3.63, 3.8) is 0 Å². The number of halogens is 1. The summed E-state index contributed by atoms with van der Waals surface area (Å²) in [6.07, 6.45) is 6.82. The highest BCUT2D eigenvalue weighted by Gasteiger charge is 2.06. The van der Waals surface area contributed by atoms with E-state index in [0.29, 0.717) is 12.2 Å². The predicted octanol–water partition coefficient (Wildman–Crippen LogP) is 3.02. The maximum Gasteiger partial charge on any atom is 0.0621 e. The lowest BCUT2D eigenvalue weighted by Crippen LogP contribution is -1.93. The van der Waals surface area contributed by atoms with Gasteiger partial charge < -0.3 is 0 Å². The number of rotatable bonds is 5. The zero-order valence-electron chi connectivity index (χ0n) is 7.27. The number of nitriles is 1. The Kier molecular flexibility index (Phi) is 5.31. The van der Waals surface area contributed by atoms with Crippen LogP contribution in [0.25, 0.3) is 0 Å². The molecule has 1 nitrogen and oxygen atoms in total. The second-order valence-electron chi connectivity index (χ2n) is 3.08. The van der Waals surface area contributed by atoms with Crippen LogP contribution < -0.4 is 0 Å². The van der Waals surface area contributed by atoms with E-state index in [4.69, 9.17) is 5.26 Å². The van der Waals surface area contributed by atoms with Gasteiger partial charge >= 0.3 is 0 Å². The second kappa shape index (κ2) is 5.42. The third kappa shape index (κ3) is 9.77. The molecule has 0 heterocycles. The molecule has 0 aliphatic rings. The molecule has 0 aliphatic carbocycles. The summed E-state index contributed by atoms with van der Waals surface area (Å²) >= 11 is 0. The third-order valence-electron chi connectivity index (χ3n) is 1.42. The van der Waals surface area contributed by atoms with E-state index in [-0.39, 0.29) is 0 Å². The maximum atomic E-state index is 12.9. The summed E-state index contributed by atoms with van der Waals surface area (Å²) in [4.78, 5) is 0. The quantitative estimate of drug-likeness (QED) is 0.592. The van der Waals surface area contributed by atoms with Gasteiger partial charge in [-0.05, 0) is 25.4 Å². The molecule has 0 saturated heterocycles. The monoisotopic (exact) mass is 177 g/mol. The highest BCUT2D eigenvalue weighted by molar-refractivity contribution is 8.28. The van der Waals surface area contributed by atoms with Crippen LogP contribution in [-0.4, -0.2) is 18.3 Å². The van der Waals surface area contributed by atoms with Gasteiger partial charge in [0.1, 0.15) is 0 Å². The minimum Gasteiger partial charge on any atom is -0.198 e. The van der Waals surface area contributed by atoms with Crippen LogP contribution in [0.5, 0.6) is 0 Å². The largest absolute Gasteiger partial charge is 0.198 e. The molecule has 0 saturated carbocycles. The van der Waals surface area contributed by atoms with E-state index in [9.17, 15) is 3.89 Å². The molecule has 11 heavy (non-hydrogen) atoms. The number of hydrogen-bond donors (Lipinski definition) is 0.